The molecule has 7 rings (SSSR count). The van der Waals surface area contributed by atoms with Crippen molar-refractivity contribution in [1.29, 1.82) is 0 Å². The van der Waals surface area contributed by atoms with E-state index in [-0.39, 0.29) is 17.6 Å². The molecule has 3 aromatic rings. The molecule has 4 aliphatic heterocycles. The van der Waals surface area contributed by atoms with Gasteiger partial charge in [-0.25, -0.2) is 19.8 Å². The van der Waals surface area contributed by atoms with E-state index >= 15 is 0 Å². The predicted octanol–water partition coefficient (Wildman–Crippen LogP) is 1.86. The number of aliphatic imine (C=N–C) groups is 2. The lowest BCUT2D eigenvalue weighted by molar-refractivity contribution is 0.0973. The van der Waals surface area contributed by atoms with Crippen LogP contribution in [0.2, 0.25) is 0 Å². The van der Waals surface area contributed by atoms with E-state index in [0.717, 1.165) is 69.9 Å². The lowest BCUT2D eigenvalue weighted by Crippen LogP contribution is -2.49. The number of amidine groups is 1. The van der Waals surface area contributed by atoms with Crippen LogP contribution in [0.5, 0.6) is 17.2 Å². The highest BCUT2D eigenvalue weighted by Crippen LogP contribution is 2.43. The number of nitrogens with one attached hydrogen (secondary N) is 2. The average molecular weight is 712 g/mol. The standard InChI is InChI=1S/C36H45N11O5/c1-24-20-25(23-45-12-8-38-9-13-45)4-6-28(24)52-36(49)46-17-15-44(16-18-46)11-3-19-51-29-7-5-27-30(31(29)50-2)42-35(47-14-10-39-32(27)47)43-33(48)26-21-40-34(37)41-22-26/h4-7,20-22,38H,3,8-19,23H2,1-2H3,(H2,37,40,41)(H,42,43,48). The highest BCUT2D eigenvalue weighted by atomic mass is 16.6. The summed E-state index contributed by atoms with van der Waals surface area (Å²) in [4.78, 5) is 51.7. The first-order valence-corrected chi connectivity index (χ1v) is 17.7. The molecular weight excluding hydrogens is 666 g/mol. The molecule has 4 N–H and O–H groups in total. The molecule has 0 aliphatic carbocycles. The van der Waals surface area contributed by atoms with Crippen molar-refractivity contribution in [2.75, 3.05) is 91.4 Å². The number of aromatic nitrogens is 2. The van der Waals surface area contributed by atoms with Gasteiger partial charge in [-0.15, -0.1) is 0 Å². The van der Waals surface area contributed by atoms with Crippen molar-refractivity contribution in [3.8, 4) is 17.2 Å². The monoisotopic (exact) mass is 711 g/mol. The maximum atomic E-state index is 13.0. The van der Waals surface area contributed by atoms with Crippen LogP contribution in [0.25, 0.3) is 0 Å². The topological polar surface area (TPSA) is 175 Å². The third-order valence-corrected chi connectivity index (χ3v) is 9.57. The van der Waals surface area contributed by atoms with Gasteiger partial charge in [-0.05, 0) is 42.7 Å². The molecule has 0 unspecified atom stereocenters. The number of hydrogen-bond donors (Lipinski definition) is 3. The first kappa shape index (κ1) is 35.1. The van der Waals surface area contributed by atoms with Crippen molar-refractivity contribution in [3.63, 3.8) is 0 Å². The molecule has 4 aliphatic rings. The zero-order valence-corrected chi connectivity index (χ0v) is 29.6. The van der Waals surface area contributed by atoms with E-state index in [1.807, 2.05) is 30.0 Å². The number of amides is 2. The fraction of sp³-hybridized carbons (Fsp3) is 0.444. The molecule has 5 heterocycles. The summed E-state index contributed by atoms with van der Waals surface area (Å²) in [7, 11) is 1.57. The van der Waals surface area contributed by atoms with Gasteiger partial charge in [-0.2, -0.15) is 0 Å². The van der Waals surface area contributed by atoms with Crippen LogP contribution in [0.4, 0.5) is 16.4 Å². The van der Waals surface area contributed by atoms with Gasteiger partial charge >= 0.3 is 6.09 Å². The third kappa shape index (κ3) is 7.93. The molecule has 1 aromatic heterocycles. The summed E-state index contributed by atoms with van der Waals surface area (Å²) in [5.41, 5.74) is 9.35. The Morgan fingerprint density at radius 3 is 2.48 bits per heavy atom. The quantitative estimate of drug-likeness (QED) is 0.261. The van der Waals surface area contributed by atoms with Crippen LogP contribution in [0, 0.1) is 6.92 Å². The summed E-state index contributed by atoms with van der Waals surface area (Å²) < 4.78 is 17.8. The molecule has 16 heteroatoms. The normalized spacial score (nSPS) is 17.5. The minimum Gasteiger partial charge on any atom is -0.491 e. The highest BCUT2D eigenvalue weighted by molar-refractivity contribution is 6.20. The Morgan fingerprint density at radius 1 is 0.962 bits per heavy atom. The molecule has 0 bridgehead atoms. The average Bonchev–Trinajstić information content (AvgIpc) is 3.66. The number of carbonyl (C=O) groups is 2. The number of guanidine groups is 1. The first-order chi connectivity index (χ1) is 25.4. The van der Waals surface area contributed by atoms with Crippen molar-refractivity contribution < 1.29 is 23.8 Å². The largest absolute Gasteiger partial charge is 0.491 e. The van der Waals surface area contributed by atoms with Gasteiger partial charge in [0.25, 0.3) is 5.91 Å². The molecular formula is C36H45N11O5. The van der Waals surface area contributed by atoms with Crippen molar-refractivity contribution in [2.24, 2.45) is 9.98 Å². The minimum absolute atomic E-state index is 0.0840. The summed E-state index contributed by atoms with van der Waals surface area (Å²) in [5, 5.41) is 6.25. The van der Waals surface area contributed by atoms with Gasteiger partial charge in [0.2, 0.25) is 11.9 Å². The number of nitrogen functional groups attached to an aromatic ring is 1. The van der Waals surface area contributed by atoms with E-state index in [1.54, 1.807) is 12.0 Å². The molecule has 2 saturated heterocycles. The fourth-order valence-electron chi connectivity index (χ4n) is 6.76. The second-order valence-electron chi connectivity index (χ2n) is 13.1. The van der Waals surface area contributed by atoms with Crippen LogP contribution in [-0.2, 0) is 6.54 Å². The first-order valence-electron chi connectivity index (χ1n) is 17.7. The van der Waals surface area contributed by atoms with Crippen LogP contribution >= 0.6 is 0 Å². The van der Waals surface area contributed by atoms with Crippen molar-refractivity contribution >= 4 is 35.4 Å². The molecule has 2 fully saturated rings. The van der Waals surface area contributed by atoms with E-state index in [1.165, 1.54) is 18.0 Å². The summed E-state index contributed by atoms with van der Waals surface area (Å²) in [6.07, 6.45) is 3.20. The zero-order chi connectivity index (χ0) is 36.0. The number of carbonyl (C=O) groups excluding carboxylic acids is 2. The number of nitrogens with zero attached hydrogens (tertiary/aromatic N) is 8. The van der Waals surface area contributed by atoms with Crippen LogP contribution in [-0.4, -0.2) is 139 Å². The number of fused-ring (bicyclic) bond motifs is 3. The Hall–Kier alpha value is -5.32. The van der Waals surface area contributed by atoms with Gasteiger partial charge in [0.15, 0.2) is 11.5 Å². The van der Waals surface area contributed by atoms with Crippen LogP contribution in [0.1, 0.15) is 33.5 Å². The fourth-order valence-corrected chi connectivity index (χ4v) is 6.76. The molecule has 0 saturated carbocycles. The summed E-state index contributed by atoms with van der Waals surface area (Å²) >= 11 is 0. The number of anilines is 1. The van der Waals surface area contributed by atoms with E-state index in [4.69, 9.17) is 24.9 Å². The van der Waals surface area contributed by atoms with Gasteiger partial charge in [-0.1, -0.05) is 12.1 Å². The van der Waals surface area contributed by atoms with Crippen LogP contribution in [0.15, 0.2) is 52.7 Å². The highest BCUT2D eigenvalue weighted by Gasteiger charge is 2.33. The van der Waals surface area contributed by atoms with Gasteiger partial charge in [0, 0.05) is 89.9 Å². The molecule has 0 atom stereocenters. The Kier molecular flexibility index (Phi) is 10.7. The van der Waals surface area contributed by atoms with Gasteiger partial charge in [-0.3, -0.25) is 29.8 Å². The van der Waals surface area contributed by atoms with Gasteiger partial charge in [0.05, 0.1) is 25.8 Å². The number of rotatable bonds is 10. The molecule has 0 radical (unpaired) electrons. The third-order valence-electron chi connectivity index (χ3n) is 9.57. The Labute approximate surface area is 302 Å². The van der Waals surface area contributed by atoms with Crippen molar-refractivity contribution in [2.45, 2.75) is 19.9 Å². The Balaban J connectivity index is 0.895. The second kappa shape index (κ2) is 15.9. The maximum absolute atomic E-state index is 13.0. The minimum atomic E-state index is -0.417. The molecule has 16 nitrogen and oxygen atoms in total. The van der Waals surface area contributed by atoms with Crippen molar-refractivity contribution in [3.05, 3.63) is 65.0 Å². The Bertz CT molecular complexity index is 1840. The number of nitrogens with two attached hydrogens (primary N) is 1. The molecule has 2 aromatic carbocycles. The van der Waals surface area contributed by atoms with E-state index in [2.05, 4.69) is 47.5 Å². The smallest absolute Gasteiger partial charge is 0.415 e. The number of aryl methyl sites for hydroxylation is 1. The number of ether oxygens (including phenoxy) is 3. The molecule has 52 heavy (non-hydrogen) atoms. The number of methoxy groups -OCH3 is 1. The van der Waals surface area contributed by atoms with Crippen LogP contribution in [0.3, 0.4) is 0 Å². The van der Waals surface area contributed by atoms with E-state index in [9.17, 15) is 9.59 Å². The zero-order valence-electron chi connectivity index (χ0n) is 29.6. The van der Waals surface area contributed by atoms with Gasteiger partial charge in [0.1, 0.15) is 17.3 Å². The number of piperazine rings is 2. The molecule has 274 valence electrons. The van der Waals surface area contributed by atoms with E-state index in [0.29, 0.717) is 67.5 Å². The second-order valence-corrected chi connectivity index (χ2v) is 13.1. The summed E-state index contributed by atoms with van der Waals surface area (Å²) in [5.74, 6) is 2.33. The van der Waals surface area contributed by atoms with Crippen molar-refractivity contribution in [1.82, 2.24) is 40.2 Å². The lowest BCUT2D eigenvalue weighted by Gasteiger charge is -2.34. The molecule has 0 spiro atoms. The van der Waals surface area contributed by atoms with Crippen LogP contribution < -0.4 is 30.6 Å². The predicted molar refractivity (Wildman–Crippen MR) is 196 cm³/mol. The molecule has 2 amide bonds. The Morgan fingerprint density at radius 2 is 1.73 bits per heavy atom. The summed E-state index contributed by atoms with van der Waals surface area (Å²) in [6, 6.07) is 9.88. The van der Waals surface area contributed by atoms with E-state index < -0.39 is 5.91 Å². The van der Waals surface area contributed by atoms with Gasteiger partial charge < -0.3 is 30.2 Å². The maximum Gasteiger partial charge on any atom is 0.415 e. The summed E-state index contributed by atoms with van der Waals surface area (Å²) in [6.45, 7) is 12.1. The lowest BCUT2D eigenvalue weighted by atomic mass is 10.1. The SMILES string of the molecule is COc1c(OCCCN2CCN(C(=O)Oc3ccc(CN4CCNCC4)cc3C)CC2)ccc2c1N=C(NC(=O)c1cnc(N)nc1)N1CCN=C21. The number of benzene rings is 2. The number of hydrogen-bond acceptors (Lipinski definition) is 14.